The van der Waals surface area contributed by atoms with Crippen LogP contribution in [0.25, 0.3) is 5.82 Å². The first kappa shape index (κ1) is 26.8. The Morgan fingerprint density at radius 1 is 1.08 bits per heavy atom. The maximum atomic E-state index is 13.4. The smallest absolute Gasteiger partial charge is 0.435 e. The van der Waals surface area contributed by atoms with E-state index in [2.05, 4.69) is 20.7 Å². The largest absolute Gasteiger partial charge is 0.447 e. The molecule has 0 aliphatic heterocycles. The lowest BCUT2D eigenvalue weighted by atomic mass is 10.1. The molecule has 0 bridgehead atoms. The second-order valence-electron chi connectivity index (χ2n) is 7.14. The number of carbonyl (C=O) groups excluding carboxylic acids is 2. The second kappa shape index (κ2) is 10.4. The van der Waals surface area contributed by atoms with Gasteiger partial charge in [0.2, 0.25) is 0 Å². The lowest BCUT2D eigenvalue weighted by Gasteiger charge is -2.14. The molecule has 0 saturated carbocycles. The number of aromatic nitrogens is 3. The summed E-state index contributed by atoms with van der Waals surface area (Å²) in [7, 11) is 0. The Morgan fingerprint density at radius 2 is 1.81 bits per heavy atom. The summed E-state index contributed by atoms with van der Waals surface area (Å²) in [4.78, 5) is 28.1. The normalized spacial score (nSPS) is 11.8. The second-order valence-corrected chi connectivity index (χ2v) is 7.54. The molecular weight excluding hydrogens is 520 g/mol. The number of carbonyl (C=O) groups is 2. The predicted octanol–water partition coefficient (Wildman–Crippen LogP) is 5.25. The molecule has 15 heteroatoms. The average molecular weight is 536 g/mol. The molecule has 8 nitrogen and oxygen atoms in total. The van der Waals surface area contributed by atoms with Gasteiger partial charge in [-0.3, -0.25) is 10.1 Å². The van der Waals surface area contributed by atoms with Crippen LogP contribution in [0.5, 0.6) is 0 Å². The zero-order chi connectivity index (χ0) is 26.7. The molecule has 0 atom stereocenters. The summed E-state index contributed by atoms with van der Waals surface area (Å²) in [5, 5.41) is 7.67. The van der Waals surface area contributed by atoms with Crippen LogP contribution in [0.3, 0.4) is 0 Å². The lowest BCUT2D eigenvalue weighted by Crippen LogP contribution is -2.30. The van der Waals surface area contributed by atoms with Gasteiger partial charge in [0.15, 0.2) is 11.5 Å². The number of hydrogen-bond donors (Lipinski definition) is 2. The number of rotatable bonds is 6. The van der Waals surface area contributed by atoms with Crippen molar-refractivity contribution >= 4 is 29.3 Å². The fourth-order valence-electron chi connectivity index (χ4n) is 3.03. The molecule has 2 N–H and O–H groups in total. The highest BCUT2D eigenvalue weighted by Crippen LogP contribution is 2.34. The number of nitrogens with zero attached hydrogens (tertiary/aromatic N) is 3. The van der Waals surface area contributed by atoms with E-state index < -0.39 is 54.3 Å². The summed E-state index contributed by atoms with van der Waals surface area (Å²) in [6.07, 6.45) is -8.64. The van der Waals surface area contributed by atoms with Gasteiger partial charge in [0, 0.05) is 18.1 Å². The van der Waals surface area contributed by atoms with Gasteiger partial charge in [-0.15, -0.1) is 0 Å². The van der Waals surface area contributed by atoms with Crippen LogP contribution in [0.4, 0.5) is 36.8 Å². The Bertz CT molecular complexity index is 1280. The molecule has 3 rings (SSSR count). The molecule has 192 valence electrons. The van der Waals surface area contributed by atoms with Gasteiger partial charge < -0.3 is 10.1 Å². The van der Waals surface area contributed by atoms with Crippen molar-refractivity contribution in [3.63, 3.8) is 0 Å². The minimum Gasteiger partial charge on any atom is -0.447 e. The SMILES string of the molecule is Cc1c(NC(=O)OCCNC(=O)c2cn(-c3ncccc3Cl)nc2C(F)(F)F)cccc1C(F)(F)F. The standard InChI is InChI=1S/C21H16ClF6N5O3/c1-11-13(20(23,24)25)4-2-6-15(11)31-19(35)36-9-8-30-18(34)12-10-33(32-16(12)21(26,27)28)17-14(22)5-3-7-29-17/h2-7,10H,8-9H2,1H3,(H,30,34)(H,31,35). The van der Waals surface area contributed by atoms with Crippen molar-refractivity contribution in [2.75, 3.05) is 18.5 Å². The molecule has 0 saturated heterocycles. The third-order valence-corrected chi connectivity index (χ3v) is 4.98. The molecule has 2 amide bonds. The number of anilines is 1. The zero-order valence-corrected chi connectivity index (χ0v) is 18.9. The van der Waals surface area contributed by atoms with Crippen LogP contribution >= 0.6 is 11.6 Å². The fourth-order valence-corrected chi connectivity index (χ4v) is 3.24. The van der Waals surface area contributed by atoms with Crippen molar-refractivity contribution in [2.45, 2.75) is 19.3 Å². The number of alkyl halides is 6. The Morgan fingerprint density at radius 3 is 2.44 bits per heavy atom. The molecule has 0 unspecified atom stereocenters. The summed E-state index contributed by atoms with van der Waals surface area (Å²) in [5.74, 6) is -1.30. The highest BCUT2D eigenvalue weighted by Gasteiger charge is 2.39. The maximum absolute atomic E-state index is 13.4. The number of hydrogen-bond acceptors (Lipinski definition) is 5. The predicted molar refractivity (Wildman–Crippen MR) is 115 cm³/mol. The minimum atomic E-state index is -4.97. The van der Waals surface area contributed by atoms with Crippen molar-refractivity contribution < 1.29 is 40.7 Å². The molecule has 0 spiro atoms. The summed E-state index contributed by atoms with van der Waals surface area (Å²) < 4.78 is 84.7. The third kappa shape index (κ3) is 6.24. The number of ether oxygens (including phenoxy) is 1. The monoisotopic (exact) mass is 535 g/mol. The maximum Gasteiger partial charge on any atom is 0.435 e. The van der Waals surface area contributed by atoms with Crippen LogP contribution in [0, 0.1) is 6.92 Å². The molecule has 36 heavy (non-hydrogen) atoms. The lowest BCUT2D eigenvalue weighted by molar-refractivity contribution is -0.141. The molecule has 0 radical (unpaired) electrons. The molecule has 0 aliphatic carbocycles. The van der Waals surface area contributed by atoms with Gasteiger partial charge in [0.1, 0.15) is 6.61 Å². The Kier molecular flexibility index (Phi) is 7.77. The van der Waals surface area contributed by atoms with Crippen LogP contribution in [-0.4, -0.2) is 39.9 Å². The number of nitrogens with one attached hydrogen (secondary N) is 2. The number of halogens is 7. The molecule has 2 aromatic heterocycles. The molecule has 0 aliphatic rings. The quantitative estimate of drug-likeness (QED) is 0.332. The highest BCUT2D eigenvalue weighted by molar-refractivity contribution is 6.32. The molecule has 3 aromatic rings. The van der Waals surface area contributed by atoms with E-state index in [-0.39, 0.29) is 22.1 Å². The van der Waals surface area contributed by atoms with Crippen LogP contribution in [0.15, 0.2) is 42.7 Å². The summed E-state index contributed by atoms with van der Waals surface area (Å²) in [6.45, 7) is 0.271. The van der Waals surface area contributed by atoms with E-state index in [9.17, 15) is 35.9 Å². The van der Waals surface area contributed by atoms with Crippen molar-refractivity contribution in [2.24, 2.45) is 0 Å². The minimum absolute atomic E-state index is 0.00361. The van der Waals surface area contributed by atoms with Crippen LogP contribution < -0.4 is 10.6 Å². The number of benzene rings is 1. The molecule has 2 heterocycles. The molecule has 0 fully saturated rings. The zero-order valence-electron chi connectivity index (χ0n) is 18.2. The van der Waals surface area contributed by atoms with Crippen LogP contribution in [0.2, 0.25) is 5.02 Å². The summed E-state index contributed by atoms with van der Waals surface area (Å²) in [5.41, 5.74) is -3.64. The highest BCUT2D eigenvalue weighted by atomic mass is 35.5. The van der Waals surface area contributed by atoms with Gasteiger partial charge in [0.05, 0.1) is 22.7 Å². The first-order chi connectivity index (χ1) is 16.8. The van der Waals surface area contributed by atoms with Gasteiger partial charge in [-0.2, -0.15) is 31.4 Å². The first-order valence-electron chi connectivity index (χ1n) is 9.95. The van der Waals surface area contributed by atoms with Gasteiger partial charge >= 0.3 is 18.4 Å². The van der Waals surface area contributed by atoms with E-state index in [4.69, 9.17) is 16.3 Å². The van der Waals surface area contributed by atoms with Crippen LogP contribution in [0.1, 0.15) is 27.2 Å². The van der Waals surface area contributed by atoms with Crippen molar-refractivity contribution in [3.8, 4) is 5.82 Å². The van der Waals surface area contributed by atoms with Crippen LogP contribution in [-0.2, 0) is 17.1 Å². The average Bonchev–Trinajstić information content (AvgIpc) is 3.23. The number of amides is 2. The van der Waals surface area contributed by atoms with E-state index in [1.807, 2.05) is 0 Å². The van der Waals surface area contributed by atoms with E-state index >= 15 is 0 Å². The molecule has 1 aromatic carbocycles. The third-order valence-electron chi connectivity index (χ3n) is 4.68. The van der Waals surface area contributed by atoms with Gasteiger partial charge in [0.25, 0.3) is 5.91 Å². The summed E-state index contributed by atoms with van der Waals surface area (Å²) >= 11 is 5.93. The topological polar surface area (TPSA) is 98.1 Å². The van der Waals surface area contributed by atoms with E-state index in [0.717, 1.165) is 25.3 Å². The number of pyridine rings is 1. The Balaban J connectivity index is 1.62. The van der Waals surface area contributed by atoms with Gasteiger partial charge in [-0.25, -0.2) is 14.5 Å². The first-order valence-corrected chi connectivity index (χ1v) is 10.3. The van der Waals surface area contributed by atoms with Crippen molar-refractivity contribution in [1.29, 1.82) is 0 Å². The van der Waals surface area contributed by atoms with E-state index in [0.29, 0.717) is 4.68 Å². The Hall–Kier alpha value is -3.81. The fraction of sp³-hybridized carbons (Fsp3) is 0.238. The van der Waals surface area contributed by atoms with Crippen molar-refractivity contribution in [3.05, 3.63) is 70.1 Å². The van der Waals surface area contributed by atoms with E-state index in [1.54, 1.807) is 0 Å². The van der Waals surface area contributed by atoms with Crippen molar-refractivity contribution in [1.82, 2.24) is 20.1 Å². The Labute approximate surface area is 204 Å². The van der Waals surface area contributed by atoms with E-state index in [1.165, 1.54) is 24.4 Å². The van der Waals surface area contributed by atoms with Gasteiger partial charge in [-0.05, 0) is 36.8 Å². The van der Waals surface area contributed by atoms with Gasteiger partial charge in [-0.1, -0.05) is 17.7 Å². The molecular formula is C21H16ClF6N5O3. The summed E-state index contributed by atoms with van der Waals surface area (Å²) in [6, 6.07) is 6.01.